The molecule has 0 saturated carbocycles. The summed E-state index contributed by atoms with van der Waals surface area (Å²) >= 11 is 0. The maximum Gasteiger partial charge on any atom is 0.459 e. The average molecular weight is 271 g/mol. The Kier molecular flexibility index (Phi) is 4.28. The monoisotopic (exact) mass is 271 g/mol. The molecule has 3 nitrogen and oxygen atoms in total. The molecular formula is C10H14F5N3. The molecule has 0 fully saturated rings. The molecule has 0 aliphatic carbocycles. The summed E-state index contributed by atoms with van der Waals surface area (Å²) in [5.74, 6) is -4.92. The molecule has 0 spiro atoms. The van der Waals surface area contributed by atoms with Crippen LogP contribution < -0.4 is 0 Å². The number of aryl methyl sites for hydroxylation is 2. The van der Waals surface area contributed by atoms with Crippen LogP contribution in [0.5, 0.6) is 0 Å². The molecule has 104 valence electrons. The molecule has 0 aliphatic heterocycles. The molecule has 0 saturated heterocycles. The van der Waals surface area contributed by atoms with Gasteiger partial charge in [0.15, 0.2) is 0 Å². The van der Waals surface area contributed by atoms with Crippen LogP contribution in [0.25, 0.3) is 0 Å². The van der Waals surface area contributed by atoms with E-state index in [1.807, 2.05) is 6.92 Å². The summed E-state index contributed by atoms with van der Waals surface area (Å²) in [5.41, 5.74) is -1.41. The van der Waals surface area contributed by atoms with E-state index in [0.29, 0.717) is 17.5 Å². The summed E-state index contributed by atoms with van der Waals surface area (Å²) in [5, 5.41) is 6.79. The van der Waals surface area contributed by atoms with Gasteiger partial charge in [-0.25, -0.2) is 4.68 Å². The van der Waals surface area contributed by atoms with Gasteiger partial charge in [-0.2, -0.15) is 22.0 Å². The Labute approximate surface area is 101 Å². The van der Waals surface area contributed by atoms with Gasteiger partial charge in [0.1, 0.15) is 5.69 Å². The van der Waals surface area contributed by atoms with Crippen LogP contribution >= 0.6 is 0 Å². The molecule has 0 unspecified atom stereocenters. The van der Waals surface area contributed by atoms with E-state index in [-0.39, 0.29) is 18.7 Å². The Hall–Kier alpha value is -1.21. The van der Waals surface area contributed by atoms with Crippen LogP contribution in [0.3, 0.4) is 0 Å². The highest BCUT2D eigenvalue weighted by atomic mass is 19.4. The second kappa shape index (κ2) is 5.19. The van der Waals surface area contributed by atoms with Crippen LogP contribution in [-0.4, -0.2) is 21.2 Å². The number of halogens is 5. The smallest absolute Gasteiger partial charge is 0.243 e. The van der Waals surface area contributed by atoms with Crippen molar-refractivity contribution in [2.24, 2.45) is 0 Å². The van der Waals surface area contributed by atoms with Gasteiger partial charge < -0.3 is 0 Å². The first-order chi connectivity index (χ1) is 8.25. The number of rotatable bonds is 5. The van der Waals surface area contributed by atoms with Crippen LogP contribution in [0.1, 0.15) is 38.1 Å². The number of alkyl halides is 5. The van der Waals surface area contributed by atoms with Crippen molar-refractivity contribution in [2.75, 3.05) is 0 Å². The molecule has 8 heteroatoms. The average Bonchev–Trinajstić information content (AvgIpc) is 2.68. The van der Waals surface area contributed by atoms with Crippen LogP contribution in [0.15, 0.2) is 0 Å². The number of hydrogen-bond acceptors (Lipinski definition) is 2. The van der Waals surface area contributed by atoms with E-state index in [0.717, 1.165) is 0 Å². The quantitative estimate of drug-likeness (QED) is 0.769. The maximum atomic E-state index is 13.4. The minimum absolute atomic E-state index is 0.0670. The van der Waals surface area contributed by atoms with E-state index < -0.39 is 17.8 Å². The molecule has 0 amide bonds. The Balaban J connectivity index is 3.23. The van der Waals surface area contributed by atoms with Crippen LogP contribution in [0.2, 0.25) is 0 Å². The number of hydrogen-bond donors (Lipinski definition) is 0. The van der Waals surface area contributed by atoms with Crippen molar-refractivity contribution in [3.63, 3.8) is 0 Å². The summed E-state index contributed by atoms with van der Waals surface area (Å²) in [6.07, 6.45) is -4.40. The molecule has 1 aromatic heterocycles. The normalized spacial score (nSPS) is 13.1. The number of nitrogens with zero attached hydrogens (tertiary/aromatic N) is 3. The number of unbranched alkanes of at least 4 members (excludes halogenated alkanes) is 1. The third kappa shape index (κ3) is 2.62. The predicted octanol–water partition coefficient (Wildman–Crippen LogP) is 3.29. The standard InChI is InChI=1S/C10H14F5N3/c1-3-5-6-7-8(18(4-2)17-16-7)9(11,12)10(13,14)15/h3-6H2,1-2H3. The zero-order valence-electron chi connectivity index (χ0n) is 10.1. The SMILES string of the molecule is CCCCc1nnn(CC)c1C(F)(F)C(F)(F)F. The fraction of sp³-hybridized carbons (Fsp3) is 0.800. The summed E-state index contributed by atoms with van der Waals surface area (Å²) in [4.78, 5) is 0. The maximum absolute atomic E-state index is 13.4. The minimum Gasteiger partial charge on any atom is -0.243 e. The summed E-state index contributed by atoms with van der Waals surface area (Å²) in [7, 11) is 0. The highest BCUT2D eigenvalue weighted by molar-refractivity contribution is 5.18. The van der Waals surface area contributed by atoms with E-state index in [1.54, 1.807) is 0 Å². The molecule has 0 N–H and O–H groups in total. The predicted molar refractivity (Wildman–Crippen MR) is 54.3 cm³/mol. The largest absolute Gasteiger partial charge is 0.459 e. The van der Waals surface area contributed by atoms with Crippen molar-refractivity contribution in [3.8, 4) is 0 Å². The highest BCUT2D eigenvalue weighted by Crippen LogP contribution is 2.44. The molecule has 0 atom stereocenters. The van der Waals surface area contributed by atoms with E-state index >= 15 is 0 Å². The van der Waals surface area contributed by atoms with Gasteiger partial charge in [-0.3, -0.25) is 0 Å². The van der Waals surface area contributed by atoms with Crippen LogP contribution in [0.4, 0.5) is 22.0 Å². The second-order valence-corrected chi connectivity index (χ2v) is 3.88. The Morgan fingerprint density at radius 2 is 1.72 bits per heavy atom. The van der Waals surface area contributed by atoms with Crippen molar-refractivity contribution >= 4 is 0 Å². The third-order valence-corrected chi connectivity index (χ3v) is 2.52. The van der Waals surface area contributed by atoms with Crippen molar-refractivity contribution < 1.29 is 22.0 Å². The van der Waals surface area contributed by atoms with Crippen LogP contribution in [0, 0.1) is 0 Å². The van der Waals surface area contributed by atoms with Crippen molar-refractivity contribution in [3.05, 3.63) is 11.4 Å². The zero-order valence-corrected chi connectivity index (χ0v) is 10.1. The molecular weight excluding hydrogens is 257 g/mol. The molecule has 18 heavy (non-hydrogen) atoms. The van der Waals surface area contributed by atoms with Crippen LogP contribution in [-0.2, 0) is 18.9 Å². The zero-order chi connectivity index (χ0) is 14.0. The van der Waals surface area contributed by atoms with Gasteiger partial charge in [0.2, 0.25) is 0 Å². The van der Waals surface area contributed by atoms with Crippen molar-refractivity contribution in [1.82, 2.24) is 15.0 Å². The molecule has 0 aliphatic rings. The van der Waals surface area contributed by atoms with E-state index in [4.69, 9.17) is 0 Å². The molecule has 0 radical (unpaired) electrons. The lowest BCUT2D eigenvalue weighted by Gasteiger charge is -2.20. The third-order valence-electron chi connectivity index (χ3n) is 2.52. The molecule has 0 bridgehead atoms. The van der Waals surface area contributed by atoms with Gasteiger partial charge in [0.25, 0.3) is 0 Å². The van der Waals surface area contributed by atoms with Gasteiger partial charge in [-0.05, 0) is 19.8 Å². The summed E-state index contributed by atoms with van der Waals surface area (Å²) < 4.78 is 64.6. The van der Waals surface area contributed by atoms with E-state index in [1.165, 1.54) is 6.92 Å². The Morgan fingerprint density at radius 1 is 1.11 bits per heavy atom. The Bertz CT molecular complexity index is 397. The summed E-state index contributed by atoms with van der Waals surface area (Å²) in [6.45, 7) is 3.17. The topological polar surface area (TPSA) is 30.7 Å². The van der Waals surface area contributed by atoms with Crippen molar-refractivity contribution in [1.29, 1.82) is 0 Å². The van der Waals surface area contributed by atoms with E-state index in [2.05, 4.69) is 10.3 Å². The first-order valence-corrected chi connectivity index (χ1v) is 5.63. The minimum atomic E-state index is -5.64. The lowest BCUT2D eigenvalue weighted by molar-refractivity contribution is -0.292. The summed E-state index contributed by atoms with van der Waals surface area (Å²) in [6, 6.07) is 0. The van der Waals surface area contributed by atoms with Gasteiger partial charge >= 0.3 is 12.1 Å². The fourth-order valence-corrected chi connectivity index (χ4v) is 1.56. The Morgan fingerprint density at radius 3 is 2.17 bits per heavy atom. The highest BCUT2D eigenvalue weighted by Gasteiger charge is 2.61. The number of aromatic nitrogens is 3. The molecule has 1 rings (SSSR count). The van der Waals surface area contributed by atoms with Gasteiger partial charge in [-0.1, -0.05) is 18.6 Å². The molecule has 1 aromatic rings. The van der Waals surface area contributed by atoms with Gasteiger partial charge in [0.05, 0.1) is 5.69 Å². The van der Waals surface area contributed by atoms with Gasteiger partial charge in [-0.15, -0.1) is 5.10 Å². The molecule has 0 aromatic carbocycles. The second-order valence-electron chi connectivity index (χ2n) is 3.88. The first kappa shape index (κ1) is 14.8. The lowest BCUT2D eigenvalue weighted by atomic mass is 10.1. The van der Waals surface area contributed by atoms with Crippen molar-refractivity contribution in [2.45, 2.75) is 51.8 Å². The molecule has 1 heterocycles. The fourth-order valence-electron chi connectivity index (χ4n) is 1.56. The van der Waals surface area contributed by atoms with E-state index in [9.17, 15) is 22.0 Å². The lowest BCUT2D eigenvalue weighted by Crippen LogP contribution is -2.36. The first-order valence-electron chi connectivity index (χ1n) is 5.63. The van der Waals surface area contributed by atoms with Gasteiger partial charge in [0, 0.05) is 6.54 Å².